The van der Waals surface area contributed by atoms with E-state index in [2.05, 4.69) is 111 Å². The van der Waals surface area contributed by atoms with Gasteiger partial charge in [-0.25, -0.2) is 0 Å². The first kappa shape index (κ1) is 37.7. The number of benzene rings is 4. The quantitative estimate of drug-likeness (QED) is 0.0631. The molecule has 0 nitrogen and oxygen atoms in total. The second-order valence-electron chi connectivity index (χ2n) is 14.4. The average Bonchev–Trinajstić information content (AvgIpc) is 3.13. The minimum Gasteiger partial charge on any atom is -0.0654 e. The maximum Gasteiger partial charge on any atom is -0.0184 e. The molecule has 0 saturated heterocycles. The summed E-state index contributed by atoms with van der Waals surface area (Å²) in [6.45, 7) is 4.58. The Morgan fingerprint density at radius 2 is 0.417 bits per heavy atom. The molecule has 0 aromatic heterocycles. The second kappa shape index (κ2) is 23.3. The smallest absolute Gasteiger partial charge is 0.0184 e. The van der Waals surface area contributed by atoms with Crippen molar-refractivity contribution in [3.63, 3.8) is 0 Å². The monoisotopic (exact) mass is 643 g/mol. The van der Waals surface area contributed by atoms with E-state index in [4.69, 9.17) is 0 Å². The molecule has 0 unspecified atom stereocenters. The Hall–Kier alpha value is -3.12. The molecule has 0 aliphatic rings. The van der Waals surface area contributed by atoms with Crippen molar-refractivity contribution in [3.05, 3.63) is 119 Å². The van der Waals surface area contributed by atoms with Crippen LogP contribution in [-0.2, 0) is 25.7 Å². The van der Waals surface area contributed by atoms with Crippen LogP contribution in [0, 0.1) is 0 Å². The first-order valence-electron chi connectivity index (χ1n) is 20.1. The van der Waals surface area contributed by atoms with Crippen molar-refractivity contribution in [1.29, 1.82) is 0 Å². The lowest BCUT2D eigenvalue weighted by Crippen LogP contribution is -1.89. The molecule has 258 valence electrons. The SMILES string of the molecule is CCCCCCCCc1ccc(-c2ccc(CCCCCCCCc3ccc(-c4ccc(CCCCCCCC)cc4)cc3)cc2)cc1. The van der Waals surface area contributed by atoms with Gasteiger partial charge in [0.05, 0.1) is 0 Å². The highest BCUT2D eigenvalue weighted by molar-refractivity contribution is 5.64. The lowest BCUT2D eigenvalue weighted by molar-refractivity contribution is 0.594. The Labute approximate surface area is 295 Å². The van der Waals surface area contributed by atoms with E-state index in [1.807, 2.05) is 0 Å². The van der Waals surface area contributed by atoms with Crippen molar-refractivity contribution >= 4 is 0 Å². The van der Waals surface area contributed by atoms with E-state index in [0.717, 1.165) is 0 Å². The van der Waals surface area contributed by atoms with Crippen LogP contribution in [0.5, 0.6) is 0 Å². The topological polar surface area (TPSA) is 0 Å². The van der Waals surface area contributed by atoms with Crippen LogP contribution in [0.4, 0.5) is 0 Å². The molecule has 0 atom stereocenters. The van der Waals surface area contributed by atoms with Crippen molar-refractivity contribution in [2.75, 3.05) is 0 Å². The van der Waals surface area contributed by atoms with Gasteiger partial charge in [-0.3, -0.25) is 0 Å². The largest absolute Gasteiger partial charge is 0.0654 e. The Morgan fingerprint density at radius 1 is 0.229 bits per heavy atom. The number of hydrogen-bond donors (Lipinski definition) is 0. The van der Waals surface area contributed by atoms with Crippen LogP contribution >= 0.6 is 0 Å². The third-order valence-corrected chi connectivity index (χ3v) is 10.3. The lowest BCUT2D eigenvalue weighted by atomic mass is 9.98. The van der Waals surface area contributed by atoms with Gasteiger partial charge < -0.3 is 0 Å². The maximum absolute atomic E-state index is 2.34. The van der Waals surface area contributed by atoms with E-state index >= 15 is 0 Å². The number of unbranched alkanes of at least 4 members (excludes halogenated alkanes) is 15. The Kier molecular flexibility index (Phi) is 18.3. The average molecular weight is 643 g/mol. The zero-order valence-corrected chi connectivity index (χ0v) is 30.8. The normalized spacial score (nSPS) is 11.3. The molecule has 0 N–H and O–H groups in total. The highest BCUT2D eigenvalue weighted by Crippen LogP contribution is 2.24. The summed E-state index contributed by atoms with van der Waals surface area (Å²) >= 11 is 0. The second-order valence-corrected chi connectivity index (χ2v) is 14.4. The van der Waals surface area contributed by atoms with Crippen molar-refractivity contribution in [1.82, 2.24) is 0 Å². The maximum atomic E-state index is 2.34. The van der Waals surface area contributed by atoms with Crippen LogP contribution < -0.4 is 0 Å². The molecule has 0 aliphatic heterocycles. The van der Waals surface area contributed by atoms with Gasteiger partial charge in [0.25, 0.3) is 0 Å². The standard InChI is InChI=1S/C48H66/c1-3-5-7-9-13-17-21-41-25-33-45(34-26-41)47-37-29-43(30-38-47)23-19-15-11-12-16-20-24-44-31-39-48(40-32-44)46-35-27-42(28-36-46)22-18-14-10-8-6-4-2/h25-40H,3-24H2,1-2H3. The fourth-order valence-electron chi connectivity index (χ4n) is 7.04. The summed E-state index contributed by atoms with van der Waals surface area (Å²) in [5, 5.41) is 0. The van der Waals surface area contributed by atoms with Gasteiger partial charge in [0, 0.05) is 0 Å². The van der Waals surface area contributed by atoms with Gasteiger partial charge in [0.15, 0.2) is 0 Å². The summed E-state index contributed by atoms with van der Waals surface area (Å²) in [5.74, 6) is 0. The van der Waals surface area contributed by atoms with Crippen molar-refractivity contribution in [2.24, 2.45) is 0 Å². The van der Waals surface area contributed by atoms with E-state index in [1.54, 1.807) is 0 Å². The number of aryl methyl sites for hydroxylation is 4. The molecule has 0 aliphatic carbocycles. The molecule has 4 aromatic rings. The zero-order chi connectivity index (χ0) is 33.5. The van der Waals surface area contributed by atoms with Crippen LogP contribution in [0.2, 0.25) is 0 Å². The molecule has 0 amide bonds. The first-order valence-corrected chi connectivity index (χ1v) is 20.1. The molecular formula is C48H66. The summed E-state index contributed by atoms with van der Waals surface area (Å²) in [4.78, 5) is 0. The van der Waals surface area contributed by atoms with Crippen molar-refractivity contribution in [3.8, 4) is 22.3 Å². The highest BCUT2D eigenvalue weighted by atomic mass is 14.1. The molecule has 0 saturated carbocycles. The van der Waals surface area contributed by atoms with E-state index in [-0.39, 0.29) is 0 Å². The Balaban J connectivity index is 1.03. The predicted octanol–water partition coefficient (Wildman–Crippen LogP) is 15.0. The number of rotatable bonds is 25. The third-order valence-electron chi connectivity index (χ3n) is 10.3. The lowest BCUT2D eigenvalue weighted by Gasteiger charge is -2.08. The third kappa shape index (κ3) is 14.6. The highest BCUT2D eigenvalue weighted by Gasteiger charge is 2.03. The Morgan fingerprint density at radius 3 is 0.625 bits per heavy atom. The van der Waals surface area contributed by atoms with Crippen LogP contribution in [0.25, 0.3) is 22.3 Å². The van der Waals surface area contributed by atoms with Crippen LogP contribution in [0.15, 0.2) is 97.1 Å². The molecule has 4 aromatic carbocycles. The fraction of sp³-hybridized carbons (Fsp3) is 0.500. The molecule has 0 fully saturated rings. The van der Waals surface area contributed by atoms with Crippen molar-refractivity contribution in [2.45, 2.75) is 155 Å². The van der Waals surface area contributed by atoms with Gasteiger partial charge in [0.1, 0.15) is 0 Å². The van der Waals surface area contributed by atoms with E-state index in [9.17, 15) is 0 Å². The minimum atomic E-state index is 1.20. The first-order chi connectivity index (χ1) is 23.7. The van der Waals surface area contributed by atoms with Gasteiger partial charge in [-0.2, -0.15) is 0 Å². The summed E-state index contributed by atoms with van der Waals surface area (Å²) < 4.78 is 0. The molecule has 4 rings (SSSR count). The summed E-state index contributed by atoms with van der Waals surface area (Å²) in [7, 11) is 0. The molecular weight excluding hydrogens is 577 g/mol. The number of hydrogen-bond acceptors (Lipinski definition) is 0. The van der Waals surface area contributed by atoms with Crippen LogP contribution in [0.1, 0.15) is 152 Å². The summed E-state index contributed by atoms with van der Waals surface area (Å²) in [5.41, 5.74) is 11.3. The summed E-state index contributed by atoms with van der Waals surface area (Å²) in [6, 6.07) is 37.2. The molecule has 48 heavy (non-hydrogen) atoms. The van der Waals surface area contributed by atoms with Crippen LogP contribution in [-0.4, -0.2) is 0 Å². The Bertz CT molecular complexity index is 1230. The van der Waals surface area contributed by atoms with Gasteiger partial charge in [-0.15, -0.1) is 0 Å². The van der Waals surface area contributed by atoms with Gasteiger partial charge >= 0.3 is 0 Å². The minimum absolute atomic E-state index is 1.20. The molecule has 0 heteroatoms. The van der Waals surface area contributed by atoms with Gasteiger partial charge in [0.2, 0.25) is 0 Å². The van der Waals surface area contributed by atoms with Gasteiger partial charge in [-0.05, 0) is 95.9 Å². The van der Waals surface area contributed by atoms with Crippen LogP contribution in [0.3, 0.4) is 0 Å². The molecule has 0 bridgehead atoms. The fourth-order valence-corrected chi connectivity index (χ4v) is 7.04. The zero-order valence-electron chi connectivity index (χ0n) is 30.8. The van der Waals surface area contributed by atoms with Crippen molar-refractivity contribution < 1.29 is 0 Å². The summed E-state index contributed by atoms with van der Waals surface area (Å²) in [6.07, 6.45) is 29.2. The van der Waals surface area contributed by atoms with E-state index < -0.39 is 0 Å². The molecule has 0 spiro atoms. The predicted molar refractivity (Wildman–Crippen MR) is 213 cm³/mol. The molecule has 0 radical (unpaired) electrons. The van der Waals surface area contributed by atoms with Gasteiger partial charge in [-0.1, -0.05) is 201 Å². The van der Waals surface area contributed by atoms with E-state index in [0.29, 0.717) is 0 Å². The molecule has 0 heterocycles. The van der Waals surface area contributed by atoms with E-state index in [1.165, 1.54) is 186 Å².